The van der Waals surface area contributed by atoms with Gasteiger partial charge >= 0.3 is 0 Å². The molecule has 0 saturated carbocycles. The zero-order chi connectivity index (χ0) is 20.5. The summed E-state index contributed by atoms with van der Waals surface area (Å²) in [4.78, 5) is 25.4. The van der Waals surface area contributed by atoms with Crippen LogP contribution in [0.4, 0.5) is 5.69 Å². The van der Waals surface area contributed by atoms with Crippen LogP contribution in [0.2, 0.25) is 0 Å². The second-order valence-electron chi connectivity index (χ2n) is 6.16. The van der Waals surface area contributed by atoms with Crippen molar-refractivity contribution >= 4 is 23.7 Å². The molecular weight excluding hydrogens is 366 g/mol. The molecular formula is C23H21N3O3. The van der Waals surface area contributed by atoms with E-state index < -0.39 is 0 Å². The van der Waals surface area contributed by atoms with E-state index in [0.717, 1.165) is 10.6 Å². The molecule has 0 fully saturated rings. The lowest BCUT2D eigenvalue weighted by Crippen LogP contribution is -2.34. The zero-order valence-corrected chi connectivity index (χ0v) is 16.0. The average Bonchev–Trinajstić information content (AvgIpc) is 2.78. The quantitative estimate of drug-likeness (QED) is 0.495. The highest BCUT2D eigenvalue weighted by atomic mass is 16.5. The Bertz CT molecular complexity index is 971. The van der Waals surface area contributed by atoms with E-state index in [-0.39, 0.29) is 18.4 Å². The Hall–Kier alpha value is -3.93. The van der Waals surface area contributed by atoms with Crippen molar-refractivity contribution in [1.29, 1.82) is 0 Å². The van der Waals surface area contributed by atoms with E-state index in [0.29, 0.717) is 17.0 Å². The van der Waals surface area contributed by atoms with Gasteiger partial charge in [0.25, 0.3) is 5.91 Å². The molecule has 0 atom stereocenters. The number of hydrogen-bond donors (Lipinski definition) is 1. The van der Waals surface area contributed by atoms with E-state index in [4.69, 9.17) is 4.74 Å². The van der Waals surface area contributed by atoms with Gasteiger partial charge in [0.05, 0.1) is 13.3 Å². The van der Waals surface area contributed by atoms with Crippen LogP contribution in [-0.4, -0.2) is 36.7 Å². The number of ether oxygens (including phenoxy) is 1. The van der Waals surface area contributed by atoms with Gasteiger partial charge in [0.15, 0.2) is 0 Å². The summed E-state index contributed by atoms with van der Waals surface area (Å²) in [6.45, 7) is -0.219. The standard InChI is InChI=1S/C23H21N3O3/c1-29-21-14-12-20(13-15-21)25-22(27)17-26(23(28)19-10-6-3-7-11-19)24-16-18-8-4-2-5-9-18/h2-16H,17H2,1H3,(H,25,27). The van der Waals surface area contributed by atoms with Crippen LogP contribution in [0.15, 0.2) is 90.0 Å². The summed E-state index contributed by atoms with van der Waals surface area (Å²) >= 11 is 0. The number of methoxy groups -OCH3 is 1. The van der Waals surface area contributed by atoms with Crippen LogP contribution in [0.25, 0.3) is 0 Å². The molecule has 0 saturated heterocycles. The Morgan fingerprint density at radius 3 is 2.17 bits per heavy atom. The first kappa shape index (κ1) is 19.8. The van der Waals surface area contributed by atoms with Crippen LogP contribution in [0, 0.1) is 0 Å². The monoisotopic (exact) mass is 387 g/mol. The van der Waals surface area contributed by atoms with Gasteiger partial charge in [-0.3, -0.25) is 9.59 Å². The van der Waals surface area contributed by atoms with Crippen LogP contribution in [0.5, 0.6) is 5.75 Å². The van der Waals surface area contributed by atoms with Crippen LogP contribution in [0.1, 0.15) is 15.9 Å². The number of hydrazone groups is 1. The molecule has 0 aliphatic carbocycles. The molecule has 0 aliphatic heterocycles. The lowest BCUT2D eigenvalue weighted by Gasteiger charge is -2.17. The summed E-state index contributed by atoms with van der Waals surface area (Å²) in [7, 11) is 1.57. The maximum Gasteiger partial charge on any atom is 0.274 e. The van der Waals surface area contributed by atoms with Crippen molar-refractivity contribution < 1.29 is 14.3 Å². The lowest BCUT2D eigenvalue weighted by molar-refractivity contribution is -0.116. The molecule has 3 rings (SSSR count). The third-order valence-electron chi connectivity index (χ3n) is 4.07. The maximum atomic E-state index is 12.9. The number of hydrogen-bond acceptors (Lipinski definition) is 4. The molecule has 0 bridgehead atoms. The van der Waals surface area contributed by atoms with E-state index >= 15 is 0 Å². The summed E-state index contributed by atoms with van der Waals surface area (Å²) in [6, 6.07) is 25.1. The fraction of sp³-hybridized carbons (Fsp3) is 0.0870. The summed E-state index contributed by atoms with van der Waals surface area (Å²) in [6.07, 6.45) is 1.56. The minimum absolute atomic E-state index is 0.219. The number of benzene rings is 3. The number of amides is 2. The van der Waals surface area contributed by atoms with Gasteiger partial charge < -0.3 is 10.1 Å². The molecule has 0 spiro atoms. The van der Waals surface area contributed by atoms with Crippen molar-refractivity contribution in [2.24, 2.45) is 5.10 Å². The molecule has 0 aromatic heterocycles. The van der Waals surface area contributed by atoms with Gasteiger partial charge in [0.1, 0.15) is 12.3 Å². The topological polar surface area (TPSA) is 71.0 Å². The van der Waals surface area contributed by atoms with Crippen molar-refractivity contribution in [3.8, 4) is 5.75 Å². The van der Waals surface area contributed by atoms with Crippen LogP contribution in [0.3, 0.4) is 0 Å². The number of carbonyl (C=O) groups is 2. The van der Waals surface area contributed by atoms with Crippen LogP contribution < -0.4 is 10.1 Å². The van der Waals surface area contributed by atoms with Gasteiger partial charge in [-0.2, -0.15) is 5.10 Å². The van der Waals surface area contributed by atoms with Crippen molar-refractivity contribution in [3.63, 3.8) is 0 Å². The van der Waals surface area contributed by atoms with Crippen LogP contribution in [-0.2, 0) is 4.79 Å². The van der Waals surface area contributed by atoms with Crippen LogP contribution >= 0.6 is 0 Å². The van der Waals surface area contributed by atoms with E-state index in [9.17, 15) is 9.59 Å². The second-order valence-corrected chi connectivity index (χ2v) is 6.16. The average molecular weight is 387 g/mol. The van der Waals surface area contributed by atoms with Gasteiger partial charge in [-0.15, -0.1) is 0 Å². The molecule has 3 aromatic rings. The molecule has 2 amide bonds. The molecule has 3 aromatic carbocycles. The number of carbonyl (C=O) groups excluding carboxylic acids is 2. The van der Waals surface area contributed by atoms with Crippen molar-refractivity contribution in [1.82, 2.24) is 5.01 Å². The number of nitrogens with zero attached hydrogens (tertiary/aromatic N) is 2. The third-order valence-corrected chi connectivity index (χ3v) is 4.07. The van der Waals surface area contributed by atoms with E-state index in [1.807, 2.05) is 36.4 Å². The number of rotatable bonds is 7. The van der Waals surface area contributed by atoms with Gasteiger partial charge in [-0.25, -0.2) is 5.01 Å². The normalized spacial score (nSPS) is 10.5. The Morgan fingerprint density at radius 1 is 0.931 bits per heavy atom. The fourth-order valence-corrected chi connectivity index (χ4v) is 2.58. The van der Waals surface area contributed by atoms with Gasteiger partial charge in [-0.05, 0) is 42.0 Å². The molecule has 0 radical (unpaired) electrons. The predicted molar refractivity (Wildman–Crippen MR) is 113 cm³/mol. The van der Waals surface area contributed by atoms with Crippen molar-refractivity contribution in [2.75, 3.05) is 19.0 Å². The summed E-state index contributed by atoms with van der Waals surface area (Å²) < 4.78 is 5.11. The highest BCUT2D eigenvalue weighted by molar-refractivity contribution is 5.99. The molecule has 6 heteroatoms. The first-order chi connectivity index (χ1) is 14.2. The largest absolute Gasteiger partial charge is 0.497 e. The maximum absolute atomic E-state index is 12.9. The van der Waals surface area contributed by atoms with Gasteiger partial charge in [-0.1, -0.05) is 48.5 Å². The number of nitrogens with one attached hydrogen (secondary N) is 1. The zero-order valence-electron chi connectivity index (χ0n) is 16.0. The van der Waals surface area contributed by atoms with Crippen molar-refractivity contribution in [2.45, 2.75) is 0 Å². The minimum Gasteiger partial charge on any atom is -0.497 e. The SMILES string of the molecule is COc1ccc(NC(=O)CN(N=Cc2ccccc2)C(=O)c2ccccc2)cc1. The molecule has 29 heavy (non-hydrogen) atoms. The fourth-order valence-electron chi connectivity index (χ4n) is 2.58. The minimum atomic E-state index is -0.359. The molecule has 1 N–H and O–H groups in total. The summed E-state index contributed by atoms with van der Waals surface area (Å²) in [5.41, 5.74) is 1.89. The molecule has 146 valence electrons. The molecule has 6 nitrogen and oxygen atoms in total. The van der Waals surface area contributed by atoms with Crippen molar-refractivity contribution in [3.05, 3.63) is 96.1 Å². The van der Waals surface area contributed by atoms with E-state index in [2.05, 4.69) is 10.4 Å². The first-order valence-electron chi connectivity index (χ1n) is 9.05. The van der Waals surface area contributed by atoms with Gasteiger partial charge in [0.2, 0.25) is 5.91 Å². The second kappa shape index (κ2) is 9.85. The summed E-state index contributed by atoms with van der Waals surface area (Å²) in [5.74, 6) is -0.0244. The highest BCUT2D eigenvalue weighted by Crippen LogP contribution is 2.15. The lowest BCUT2D eigenvalue weighted by atomic mass is 10.2. The van der Waals surface area contributed by atoms with E-state index in [1.54, 1.807) is 61.9 Å². The molecule has 0 heterocycles. The predicted octanol–water partition coefficient (Wildman–Crippen LogP) is 3.81. The molecule has 0 unspecified atom stereocenters. The highest BCUT2D eigenvalue weighted by Gasteiger charge is 2.18. The molecule has 0 aliphatic rings. The van der Waals surface area contributed by atoms with Gasteiger partial charge in [0, 0.05) is 11.3 Å². The Labute approximate surface area is 169 Å². The Morgan fingerprint density at radius 2 is 1.55 bits per heavy atom. The third kappa shape index (κ3) is 5.77. The Kier molecular flexibility index (Phi) is 6.73. The number of anilines is 1. The first-order valence-corrected chi connectivity index (χ1v) is 9.05. The Balaban J connectivity index is 1.75. The van der Waals surface area contributed by atoms with E-state index in [1.165, 1.54) is 0 Å². The smallest absolute Gasteiger partial charge is 0.274 e. The summed E-state index contributed by atoms with van der Waals surface area (Å²) in [5, 5.41) is 8.18.